The zero-order chi connectivity index (χ0) is 73.3. The minimum Gasteiger partial charge on any atom is -0.481 e. The molecule has 4 rings (SSSR count). The van der Waals surface area contributed by atoms with Crippen molar-refractivity contribution in [3.8, 4) is 24.7 Å². The van der Waals surface area contributed by atoms with Gasteiger partial charge in [-0.25, -0.2) is 9.59 Å². The third-order valence-electron chi connectivity index (χ3n) is 13.2. The Hall–Kier alpha value is -4.88. The highest BCUT2D eigenvalue weighted by atomic mass is 31.2. The first-order chi connectivity index (χ1) is 43.5. The molecule has 4 saturated heterocycles. The van der Waals surface area contributed by atoms with Crippen LogP contribution in [0.25, 0.3) is 0 Å². The summed E-state index contributed by atoms with van der Waals surface area (Å²) >= 11 is 0. The molecular formula is C54H94O38P2. The van der Waals surface area contributed by atoms with Crippen molar-refractivity contribution in [2.24, 2.45) is 11.8 Å². The molecule has 40 heteroatoms. The van der Waals surface area contributed by atoms with E-state index in [1.54, 1.807) is 48.5 Å². The largest absolute Gasteiger partial charge is 0.510 e. The number of hydrogen-bond donors (Lipinski definition) is 18. The lowest BCUT2D eigenvalue weighted by atomic mass is 9.91. The third-order valence-corrected chi connectivity index (χ3v) is 15.9. The number of terminal acetylenes is 2. The molecule has 0 spiro atoms. The molecule has 548 valence electrons. The second-order valence-corrected chi connectivity index (χ2v) is 25.2. The Balaban J connectivity index is 0. The molecule has 0 aliphatic carbocycles. The van der Waals surface area contributed by atoms with Gasteiger partial charge in [-0.05, 0) is 93.9 Å². The van der Waals surface area contributed by atoms with Crippen LogP contribution in [0.15, 0.2) is 0 Å². The van der Waals surface area contributed by atoms with Crippen LogP contribution in [0.5, 0.6) is 0 Å². The maximum Gasteiger partial charge on any atom is 0.510 e. The normalized spacial score (nSPS) is 30.5. The topological polar surface area (TPSA) is 611 Å². The van der Waals surface area contributed by atoms with Gasteiger partial charge in [-0.3, -0.25) is 37.4 Å². The monoisotopic (exact) mass is 1410 g/mol. The Morgan fingerprint density at radius 3 is 1.03 bits per heavy atom. The second kappa shape index (κ2) is 45.6. The molecule has 94 heavy (non-hydrogen) atoms. The van der Waals surface area contributed by atoms with Crippen LogP contribution >= 0.6 is 15.2 Å². The fraction of sp³-hybridized carbons (Fsp3) is 0.815. The average Bonchev–Trinajstić information content (AvgIpc) is 0.847. The first-order valence-corrected chi connectivity index (χ1v) is 32.1. The maximum atomic E-state index is 13.0. The SMILES string of the molecule is C#CC.C#CC.CC(C)OC(=O)OCOP(=O)(CCC1OC(O)C(O)C(O)C1O)OCOC(=O)OC(C)C.CC1OC(CCC(C(=O)O)C(=O)O)C(O)C(O)C1O.COC(=O)C(CCC1OC(C)C(O)C(O)C1O)C(=O)OC.O=P(O)(O)CCC1OC(O)C(O)C(O)C1O. The maximum absolute atomic E-state index is 13.0. The standard InChI is InChI=1S/C17H31O14P.C13H22O8.C11H18O8.C7H15O8P.2C3H4/c1-9(2)29-16(22)25-7-27-32(24,28-8-26-17(23)30-10(3)4)6-5-11-12(18)13(19)14(20)15(21)31-11;1-6-9(14)11(16)10(15)8(21-6)5-4-7(12(17)19-2)13(18)20-3;1-4-7(12)9(14)8(13)6(19-4)3-2-5(10(15)16)11(17)18;8-4-3(1-2-16(12,13)14)15-7(11)6(10)5(4)9;2*1-3-2/h9-15,18-21H,5-8H2,1-4H3;6-11,14-16H,4-5H2,1-3H3;4-9,12-14H,2-3H2,1H3,(H,15,16)(H,17,18);3-11H,1-2H2,(H2,12,13,14);2*1H,2H3. The predicted octanol–water partition coefficient (Wildman–Crippen LogP) is -3.91. The Kier molecular flexibility index (Phi) is 44.2. The first kappa shape index (κ1) is 91.2. The highest BCUT2D eigenvalue weighted by Crippen LogP contribution is 2.49. The van der Waals surface area contributed by atoms with E-state index in [1.807, 2.05) is 0 Å². The van der Waals surface area contributed by atoms with Crippen molar-refractivity contribution in [3.05, 3.63) is 0 Å². The minimum absolute atomic E-state index is 0.0383. The lowest BCUT2D eigenvalue weighted by Gasteiger charge is -2.39. The number of esters is 2. The number of carboxylic acid groups (broad SMARTS) is 2. The molecule has 0 radical (unpaired) electrons. The van der Waals surface area contributed by atoms with Crippen LogP contribution in [0.4, 0.5) is 9.59 Å². The van der Waals surface area contributed by atoms with Gasteiger partial charge in [-0.15, -0.1) is 24.7 Å². The Labute approximate surface area is 541 Å². The molecule has 0 aromatic heterocycles. The Morgan fingerprint density at radius 1 is 0.457 bits per heavy atom. The van der Waals surface area contributed by atoms with Crippen molar-refractivity contribution in [2.75, 3.05) is 40.1 Å². The van der Waals surface area contributed by atoms with Crippen molar-refractivity contribution in [1.29, 1.82) is 0 Å². The number of carbonyl (C=O) groups is 6. The summed E-state index contributed by atoms with van der Waals surface area (Å²) in [6.07, 6.45) is -22.1. The fourth-order valence-corrected chi connectivity index (χ4v) is 10.2. The van der Waals surface area contributed by atoms with Gasteiger partial charge in [0.25, 0.3) is 0 Å². The van der Waals surface area contributed by atoms with Gasteiger partial charge in [0.2, 0.25) is 13.6 Å². The molecule has 0 bridgehead atoms. The number of carbonyl (C=O) groups excluding carboxylic acids is 4. The number of rotatable bonds is 24. The highest BCUT2D eigenvalue weighted by Gasteiger charge is 2.47. The van der Waals surface area contributed by atoms with E-state index in [4.69, 9.17) is 67.7 Å². The van der Waals surface area contributed by atoms with E-state index >= 15 is 0 Å². The molecule has 20 atom stereocenters. The zero-order valence-electron chi connectivity index (χ0n) is 53.2. The summed E-state index contributed by atoms with van der Waals surface area (Å²) in [4.78, 5) is 84.6. The van der Waals surface area contributed by atoms with E-state index in [0.717, 1.165) is 14.2 Å². The number of ether oxygens (including phenoxy) is 10. The van der Waals surface area contributed by atoms with E-state index < -0.39 is 224 Å². The molecule has 20 unspecified atom stereocenters. The summed E-state index contributed by atoms with van der Waals surface area (Å²) in [5, 5.41) is 151. The quantitative estimate of drug-likeness (QED) is 0.0110. The van der Waals surface area contributed by atoms with Crippen molar-refractivity contribution < 1.29 is 186 Å². The second-order valence-electron chi connectivity index (χ2n) is 21.3. The lowest BCUT2D eigenvalue weighted by Crippen LogP contribution is -2.57. The molecule has 0 amide bonds. The Morgan fingerprint density at radius 2 is 0.745 bits per heavy atom. The van der Waals surface area contributed by atoms with E-state index in [9.17, 15) is 99.2 Å². The van der Waals surface area contributed by atoms with E-state index in [-0.39, 0.29) is 38.5 Å². The van der Waals surface area contributed by atoms with Crippen LogP contribution in [0, 0.1) is 36.5 Å². The van der Waals surface area contributed by atoms with Crippen molar-refractivity contribution in [2.45, 2.75) is 229 Å². The predicted molar refractivity (Wildman–Crippen MR) is 312 cm³/mol. The third kappa shape index (κ3) is 33.4. The van der Waals surface area contributed by atoms with Crippen LogP contribution in [0.1, 0.15) is 93.9 Å². The number of methoxy groups -OCH3 is 2. The van der Waals surface area contributed by atoms with E-state index in [2.05, 4.69) is 43.6 Å². The highest BCUT2D eigenvalue weighted by molar-refractivity contribution is 7.53. The van der Waals surface area contributed by atoms with Crippen molar-refractivity contribution in [1.82, 2.24) is 0 Å². The molecule has 0 saturated carbocycles. The van der Waals surface area contributed by atoms with Crippen molar-refractivity contribution >= 4 is 51.4 Å². The van der Waals surface area contributed by atoms with Gasteiger partial charge in [0, 0.05) is 0 Å². The van der Waals surface area contributed by atoms with Crippen LogP contribution in [0.2, 0.25) is 0 Å². The molecule has 38 nitrogen and oxygen atoms in total. The summed E-state index contributed by atoms with van der Waals surface area (Å²) in [6, 6.07) is 0. The molecule has 4 fully saturated rings. The number of carboxylic acids is 2. The number of aliphatic hydroxyl groups excluding tert-OH is 14. The number of hydrogen-bond acceptors (Lipinski definition) is 34. The van der Waals surface area contributed by atoms with Crippen LogP contribution < -0.4 is 0 Å². The van der Waals surface area contributed by atoms with Gasteiger partial charge in [0.15, 0.2) is 24.4 Å². The van der Waals surface area contributed by atoms with Gasteiger partial charge in [0.1, 0.15) is 73.2 Å². The van der Waals surface area contributed by atoms with Crippen LogP contribution in [-0.4, -0.2) is 302 Å². The lowest BCUT2D eigenvalue weighted by molar-refractivity contribution is -0.281. The Bertz CT molecular complexity index is 2340. The van der Waals surface area contributed by atoms with Gasteiger partial charge < -0.3 is 139 Å². The van der Waals surface area contributed by atoms with Gasteiger partial charge in [-0.1, -0.05) is 0 Å². The zero-order valence-corrected chi connectivity index (χ0v) is 55.0. The molecule has 18 N–H and O–H groups in total. The molecule has 0 aromatic carbocycles. The molecule has 4 heterocycles. The molecule has 4 aliphatic rings. The summed E-state index contributed by atoms with van der Waals surface area (Å²) in [7, 11) is -6.04. The van der Waals surface area contributed by atoms with Crippen LogP contribution in [-0.2, 0) is 84.7 Å². The molecular weight excluding hydrogens is 1320 g/mol. The summed E-state index contributed by atoms with van der Waals surface area (Å²) in [6.45, 7) is 11.0. The summed E-state index contributed by atoms with van der Waals surface area (Å²) < 4.78 is 81.7. The summed E-state index contributed by atoms with van der Waals surface area (Å²) in [5.41, 5.74) is 0. The van der Waals surface area contributed by atoms with Gasteiger partial charge in [0.05, 0.1) is 75.4 Å². The fourth-order valence-electron chi connectivity index (χ4n) is 8.23. The smallest absolute Gasteiger partial charge is 0.481 e. The van der Waals surface area contributed by atoms with Gasteiger partial charge >= 0.3 is 51.4 Å². The minimum atomic E-state index is -4.23. The molecule has 4 aliphatic heterocycles. The molecule has 0 aromatic rings. The van der Waals surface area contributed by atoms with E-state index in [1.165, 1.54) is 6.92 Å². The number of aliphatic hydroxyl groups is 14. The van der Waals surface area contributed by atoms with Gasteiger partial charge in [-0.2, -0.15) is 0 Å². The van der Waals surface area contributed by atoms with Crippen LogP contribution in [0.3, 0.4) is 0 Å². The van der Waals surface area contributed by atoms with E-state index in [0.29, 0.717) is 0 Å². The first-order valence-electron chi connectivity index (χ1n) is 28.6. The average molecular weight is 1410 g/mol. The number of aliphatic carboxylic acids is 2. The summed E-state index contributed by atoms with van der Waals surface area (Å²) in [5.74, 6) is -2.61. The van der Waals surface area contributed by atoms with Crippen molar-refractivity contribution in [3.63, 3.8) is 0 Å².